The van der Waals surface area contributed by atoms with Crippen LogP contribution in [0.2, 0.25) is 5.02 Å². The Morgan fingerprint density at radius 3 is 2.91 bits per heavy atom. The fourth-order valence-corrected chi connectivity index (χ4v) is 5.62. The van der Waals surface area contributed by atoms with E-state index in [9.17, 15) is 9.59 Å². The van der Waals surface area contributed by atoms with Crippen LogP contribution in [0.4, 0.5) is 5.69 Å². The van der Waals surface area contributed by atoms with E-state index in [0.29, 0.717) is 23.8 Å². The van der Waals surface area contributed by atoms with E-state index in [4.69, 9.17) is 16.3 Å². The summed E-state index contributed by atoms with van der Waals surface area (Å²) in [5.74, 6) is -1.33. The van der Waals surface area contributed by atoms with Gasteiger partial charge in [-0.05, 0) is 30.2 Å². The van der Waals surface area contributed by atoms with Gasteiger partial charge in [0.1, 0.15) is 5.60 Å². The standard InChI is InChI=1S/C25H22ClN3O3/c26-17-6-2-4-8-19(17)28-23(30)21-20-9-11-25(32-20)14-29(24(31)22(21)25)12-10-15-13-27-18-7-3-1-5-16(15)18/h1-9,11,13,20-22,27H,10,12,14H2,(H,28,30)/t20-,21+,22-,25-/m1/s1. The third kappa shape index (κ3) is 2.90. The maximum absolute atomic E-state index is 13.4. The molecule has 3 aliphatic rings. The number of hydrogen-bond donors (Lipinski definition) is 2. The van der Waals surface area contributed by atoms with Crippen molar-refractivity contribution in [3.8, 4) is 0 Å². The van der Waals surface area contributed by atoms with Gasteiger partial charge >= 0.3 is 0 Å². The van der Waals surface area contributed by atoms with Gasteiger partial charge in [-0.2, -0.15) is 0 Å². The molecule has 2 N–H and O–H groups in total. The Morgan fingerprint density at radius 1 is 1.22 bits per heavy atom. The molecular formula is C25H22ClN3O3. The van der Waals surface area contributed by atoms with E-state index < -0.39 is 17.4 Å². The Kier molecular flexibility index (Phi) is 4.42. The lowest BCUT2D eigenvalue weighted by molar-refractivity contribution is -0.135. The molecule has 7 heteroatoms. The summed E-state index contributed by atoms with van der Waals surface area (Å²) < 4.78 is 6.22. The Morgan fingerprint density at radius 2 is 2.03 bits per heavy atom. The van der Waals surface area contributed by atoms with Crippen LogP contribution < -0.4 is 5.32 Å². The lowest BCUT2D eigenvalue weighted by atomic mass is 9.77. The molecule has 4 heterocycles. The molecule has 6 rings (SSSR count). The van der Waals surface area contributed by atoms with Crippen LogP contribution in [0.1, 0.15) is 5.56 Å². The Bertz CT molecular complexity index is 1270. The minimum atomic E-state index is -0.718. The number of para-hydroxylation sites is 2. The number of rotatable bonds is 5. The molecule has 2 amide bonds. The molecule has 6 nitrogen and oxygen atoms in total. The van der Waals surface area contributed by atoms with Crippen LogP contribution in [0.5, 0.6) is 0 Å². The van der Waals surface area contributed by atoms with E-state index in [1.54, 1.807) is 12.1 Å². The number of aromatic nitrogens is 1. The Labute approximate surface area is 190 Å². The summed E-state index contributed by atoms with van der Waals surface area (Å²) in [5.41, 5.74) is 2.09. The normalized spacial score (nSPS) is 28.0. The van der Waals surface area contributed by atoms with Crippen molar-refractivity contribution in [2.75, 3.05) is 18.4 Å². The number of likely N-dealkylation sites (tertiary alicyclic amines) is 1. The Balaban J connectivity index is 1.21. The smallest absolute Gasteiger partial charge is 0.231 e. The first-order valence-electron chi connectivity index (χ1n) is 10.8. The molecule has 0 radical (unpaired) electrons. The van der Waals surface area contributed by atoms with Crippen LogP contribution in [0.3, 0.4) is 0 Å². The highest BCUT2D eigenvalue weighted by Crippen LogP contribution is 2.52. The molecule has 0 aliphatic carbocycles. The summed E-state index contributed by atoms with van der Waals surface area (Å²) in [6, 6.07) is 15.2. The van der Waals surface area contributed by atoms with Gasteiger partial charge in [-0.25, -0.2) is 0 Å². The molecule has 4 atom stereocenters. The van der Waals surface area contributed by atoms with Crippen molar-refractivity contribution in [2.45, 2.75) is 18.1 Å². The maximum Gasteiger partial charge on any atom is 0.231 e. The third-order valence-corrected chi connectivity index (χ3v) is 7.27. The highest BCUT2D eigenvalue weighted by Gasteiger charge is 2.66. The average Bonchev–Trinajstić information content (AvgIpc) is 3.54. The average molecular weight is 448 g/mol. The van der Waals surface area contributed by atoms with E-state index in [2.05, 4.69) is 16.4 Å². The van der Waals surface area contributed by atoms with E-state index >= 15 is 0 Å². The monoisotopic (exact) mass is 447 g/mol. The minimum absolute atomic E-state index is 0.0176. The van der Waals surface area contributed by atoms with Gasteiger partial charge < -0.3 is 19.9 Å². The molecule has 2 fully saturated rings. The molecule has 1 aromatic heterocycles. The van der Waals surface area contributed by atoms with Gasteiger partial charge in [0.2, 0.25) is 11.8 Å². The predicted molar refractivity (Wildman–Crippen MR) is 122 cm³/mol. The number of hydrogen-bond acceptors (Lipinski definition) is 3. The molecule has 32 heavy (non-hydrogen) atoms. The fraction of sp³-hybridized carbons (Fsp3) is 0.280. The number of nitrogens with one attached hydrogen (secondary N) is 2. The van der Waals surface area contributed by atoms with Crippen molar-refractivity contribution < 1.29 is 14.3 Å². The molecule has 2 aromatic carbocycles. The zero-order chi connectivity index (χ0) is 21.9. The number of benzene rings is 2. The van der Waals surface area contributed by atoms with Gasteiger partial charge in [-0.1, -0.05) is 54.1 Å². The second-order valence-electron chi connectivity index (χ2n) is 8.74. The molecule has 1 spiro atoms. The predicted octanol–water partition coefficient (Wildman–Crippen LogP) is 3.78. The SMILES string of the molecule is O=C(Nc1ccccc1Cl)[C@H]1[C@H]2C=C[C@]3(CN(CCc4c[nH]c5ccccc45)C(=O)[C@@H]13)O2. The molecular weight excluding hydrogens is 426 g/mol. The van der Waals surface area contributed by atoms with Crippen LogP contribution in [-0.2, 0) is 20.7 Å². The quantitative estimate of drug-likeness (QED) is 0.584. The van der Waals surface area contributed by atoms with Crippen molar-refractivity contribution in [3.05, 3.63) is 77.5 Å². The topological polar surface area (TPSA) is 74.4 Å². The second kappa shape index (κ2) is 7.22. The molecule has 0 saturated carbocycles. The van der Waals surface area contributed by atoms with Gasteiger partial charge in [-0.3, -0.25) is 9.59 Å². The van der Waals surface area contributed by atoms with Gasteiger partial charge in [0.25, 0.3) is 0 Å². The highest BCUT2D eigenvalue weighted by molar-refractivity contribution is 6.33. The lowest BCUT2D eigenvalue weighted by Crippen LogP contribution is -2.41. The number of H-pyrrole nitrogens is 1. The van der Waals surface area contributed by atoms with Crippen molar-refractivity contribution in [1.82, 2.24) is 9.88 Å². The van der Waals surface area contributed by atoms with Crippen LogP contribution in [0.25, 0.3) is 10.9 Å². The highest BCUT2D eigenvalue weighted by atomic mass is 35.5. The summed E-state index contributed by atoms with van der Waals surface area (Å²) in [7, 11) is 0. The van der Waals surface area contributed by atoms with Crippen molar-refractivity contribution in [2.24, 2.45) is 11.8 Å². The lowest BCUT2D eigenvalue weighted by Gasteiger charge is -2.23. The van der Waals surface area contributed by atoms with Crippen molar-refractivity contribution in [3.63, 3.8) is 0 Å². The van der Waals surface area contributed by atoms with Crippen LogP contribution >= 0.6 is 11.6 Å². The molecule has 3 aliphatic heterocycles. The number of amides is 2. The number of anilines is 1. The van der Waals surface area contributed by atoms with Crippen LogP contribution in [0.15, 0.2) is 66.9 Å². The summed E-state index contributed by atoms with van der Waals surface area (Å²) in [4.78, 5) is 31.7. The Hall–Kier alpha value is -3.09. The third-order valence-electron chi connectivity index (χ3n) is 6.94. The van der Waals surface area contributed by atoms with Crippen LogP contribution in [-0.4, -0.2) is 46.5 Å². The molecule has 0 unspecified atom stereocenters. The number of ether oxygens (including phenoxy) is 1. The van der Waals surface area contributed by atoms with Crippen molar-refractivity contribution in [1.29, 1.82) is 0 Å². The number of fused-ring (bicyclic) bond motifs is 2. The second-order valence-corrected chi connectivity index (χ2v) is 9.15. The summed E-state index contributed by atoms with van der Waals surface area (Å²) in [5, 5.41) is 4.54. The number of nitrogens with zero attached hydrogens (tertiary/aromatic N) is 1. The van der Waals surface area contributed by atoms with E-state index in [-0.39, 0.29) is 17.9 Å². The summed E-state index contributed by atoms with van der Waals surface area (Å²) in [6.45, 7) is 1.06. The largest absolute Gasteiger partial charge is 0.361 e. The number of halogens is 1. The van der Waals surface area contributed by atoms with Crippen molar-refractivity contribution >= 4 is 40.0 Å². The maximum atomic E-state index is 13.4. The van der Waals surface area contributed by atoms with Crippen LogP contribution in [0, 0.1) is 11.8 Å². The van der Waals surface area contributed by atoms with E-state index in [0.717, 1.165) is 11.9 Å². The van der Waals surface area contributed by atoms with Gasteiger partial charge in [0.05, 0.1) is 35.2 Å². The zero-order valence-corrected chi connectivity index (χ0v) is 18.0. The number of carbonyl (C=O) groups is 2. The fourth-order valence-electron chi connectivity index (χ4n) is 5.44. The summed E-state index contributed by atoms with van der Waals surface area (Å²) >= 11 is 6.21. The van der Waals surface area contributed by atoms with Gasteiger partial charge in [0, 0.05) is 23.6 Å². The van der Waals surface area contributed by atoms with Gasteiger partial charge in [-0.15, -0.1) is 0 Å². The van der Waals surface area contributed by atoms with Gasteiger partial charge in [0.15, 0.2) is 0 Å². The minimum Gasteiger partial charge on any atom is -0.361 e. The van der Waals surface area contributed by atoms with E-state index in [1.807, 2.05) is 53.6 Å². The number of carbonyl (C=O) groups excluding carboxylic acids is 2. The summed E-state index contributed by atoms with van der Waals surface area (Å²) in [6.07, 6.45) is 6.26. The molecule has 2 bridgehead atoms. The zero-order valence-electron chi connectivity index (χ0n) is 17.3. The first-order valence-corrected chi connectivity index (χ1v) is 11.2. The molecule has 2 saturated heterocycles. The first-order chi connectivity index (χ1) is 15.6. The molecule has 3 aromatic rings. The first kappa shape index (κ1) is 19.6. The number of aromatic amines is 1. The van der Waals surface area contributed by atoms with E-state index in [1.165, 1.54) is 10.9 Å². The molecule has 162 valence electrons.